The van der Waals surface area contributed by atoms with Gasteiger partial charge in [0.15, 0.2) is 5.65 Å². The van der Waals surface area contributed by atoms with Gasteiger partial charge in [-0.05, 0) is 18.8 Å². The highest BCUT2D eigenvalue weighted by Crippen LogP contribution is 2.41. The van der Waals surface area contributed by atoms with Crippen LogP contribution in [0, 0.1) is 11.8 Å². The summed E-state index contributed by atoms with van der Waals surface area (Å²) in [6.07, 6.45) is 2.66. The van der Waals surface area contributed by atoms with Gasteiger partial charge in [0.2, 0.25) is 5.95 Å². The second-order valence-corrected chi connectivity index (χ2v) is 7.38. The third kappa shape index (κ3) is 2.81. The number of H-pyrrole nitrogens is 1. The number of fused-ring (bicyclic) bond motifs is 1. The van der Waals surface area contributed by atoms with Crippen molar-refractivity contribution in [3.8, 4) is 0 Å². The number of anilines is 1. The highest BCUT2D eigenvalue weighted by molar-refractivity contribution is 7.16. The van der Waals surface area contributed by atoms with Crippen LogP contribution in [0.4, 0.5) is 5.95 Å². The van der Waals surface area contributed by atoms with Crippen molar-refractivity contribution in [1.82, 2.24) is 14.5 Å². The van der Waals surface area contributed by atoms with Gasteiger partial charge in [-0.2, -0.15) is 4.98 Å². The Morgan fingerprint density at radius 2 is 2.22 bits per heavy atom. The van der Waals surface area contributed by atoms with E-state index in [9.17, 15) is 9.59 Å². The second kappa shape index (κ2) is 6.09. The van der Waals surface area contributed by atoms with Crippen molar-refractivity contribution in [2.45, 2.75) is 52.4 Å². The zero-order chi connectivity index (χ0) is 16.7. The molecule has 0 radical (unpaired) electrons. The number of rotatable bonds is 4. The molecule has 23 heavy (non-hydrogen) atoms. The maximum atomic E-state index is 12.5. The van der Waals surface area contributed by atoms with Gasteiger partial charge in [-0.25, -0.2) is 0 Å². The van der Waals surface area contributed by atoms with Crippen molar-refractivity contribution in [2.24, 2.45) is 11.8 Å². The van der Waals surface area contributed by atoms with Crippen LogP contribution in [0.15, 0.2) is 9.59 Å². The molecule has 3 unspecified atom stereocenters. The predicted molar refractivity (Wildman–Crippen MR) is 90.7 cm³/mol. The molecule has 126 valence electrons. The van der Waals surface area contributed by atoms with Crippen molar-refractivity contribution in [2.75, 3.05) is 5.73 Å². The maximum Gasteiger partial charge on any atom is 0.311 e. The molecule has 1 aliphatic rings. The Balaban J connectivity index is 2.13. The summed E-state index contributed by atoms with van der Waals surface area (Å²) in [4.78, 5) is 30.9. The molecular formula is C15H22N4O3S. The van der Waals surface area contributed by atoms with Crippen molar-refractivity contribution < 1.29 is 4.74 Å². The summed E-state index contributed by atoms with van der Waals surface area (Å²) in [5.74, 6) is 0.589. The molecular weight excluding hydrogens is 316 g/mol. The number of aromatic amines is 1. The van der Waals surface area contributed by atoms with Gasteiger partial charge < -0.3 is 10.5 Å². The van der Waals surface area contributed by atoms with Crippen molar-refractivity contribution >= 4 is 27.6 Å². The Labute approximate surface area is 137 Å². The summed E-state index contributed by atoms with van der Waals surface area (Å²) in [7, 11) is 0. The fraction of sp³-hybridized carbons (Fsp3) is 0.667. The van der Waals surface area contributed by atoms with E-state index in [2.05, 4.69) is 30.7 Å². The van der Waals surface area contributed by atoms with E-state index in [-0.39, 0.29) is 34.6 Å². The van der Waals surface area contributed by atoms with E-state index in [0.717, 1.165) is 30.6 Å². The number of thiazole rings is 1. The van der Waals surface area contributed by atoms with Crippen LogP contribution in [0.1, 0.15) is 46.3 Å². The molecule has 3 atom stereocenters. The number of nitrogens with one attached hydrogen (secondary N) is 1. The molecule has 0 amide bonds. The highest BCUT2D eigenvalue weighted by Gasteiger charge is 2.39. The first-order valence-corrected chi connectivity index (χ1v) is 8.80. The Bertz CT molecular complexity index is 822. The normalized spacial score (nSPS) is 24.8. The Kier molecular flexibility index (Phi) is 4.29. The van der Waals surface area contributed by atoms with Gasteiger partial charge in [0.1, 0.15) is 10.9 Å². The Morgan fingerprint density at radius 1 is 1.48 bits per heavy atom. The first kappa shape index (κ1) is 16.2. The lowest BCUT2D eigenvalue weighted by atomic mass is 9.90. The number of ether oxygens (including phenoxy) is 1. The van der Waals surface area contributed by atoms with E-state index in [1.54, 1.807) is 0 Å². The summed E-state index contributed by atoms with van der Waals surface area (Å²) >= 11 is 0.895. The largest absolute Gasteiger partial charge is 0.369 e. The van der Waals surface area contributed by atoms with Gasteiger partial charge in [0, 0.05) is 5.92 Å². The summed E-state index contributed by atoms with van der Waals surface area (Å²) in [6, 6.07) is 0. The van der Waals surface area contributed by atoms with Crippen LogP contribution in [-0.4, -0.2) is 20.6 Å². The lowest BCUT2D eigenvalue weighted by Gasteiger charge is -2.22. The van der Waals surface area contributed by atoms with Crippen LogP contribution < -0.4 is 16.2 Å². The molecule has 0 spiro atoms. The Morgan fingerprint density at radius 3 is 2.87 bits per heavy atom. The summed E-state index contributed by atoms with van der Waals surface area (Å²) in [5.41, 5.74) is 5.60. The van der Waals surface area contributed by atoms with E-state index >= 15 is 0 Å². The van der Waals surface area contributed by atoms with Gasteiger partial charge in [-0.3, -0.25) is 19.1 Å². The third-order valence-corrected chi connectivity index (χ3v) is 5.39. The number of nitrogens with zero attached hydrogens (tertiary/aromatic N) is 2. The van der Waals surface area contributed by atoms with Crippen LogP contribution in [0.3, 0.4) is 0 Å². The monoisotopic (exact) mass is 338 g/mol. The van der Waals surface area contributed by atoms with Crippen LogP contribution in [0.25, 0.3) is 10.3 Å². The molecule has 1 saturated heterocycles. The van der Waals surface area contributed by atoms with E-state index in [4.69, 9.17) is 10.5 Å². The molecule has 2 aromatic rings. The first-order chi connectivity index (χ1) is 10.9. The van der Waals surface area contributed by atoms with Crippen LogP contribution >= 0.6 is 11.3 Å². The number of aromatic nitrogens is 3. The van der Waals surface area contributed by atoms with E-state index in [0.29, 0.717) is 16.3 Å². The smallest absolute Gasteiger partial charge is 0.311 e. The highest BCUT2D eigenvalue weighted by atomic mass is 32.1. The van der Waals surface area contributed by atoms with Crippen molar-refractivity contribution in [3.05, 3.63) is 20.0 Å². The van der Waals surface area contributed by atoms with E-state index < -0.39 is 0 Å². The molecule has 0 aromatic carbocycles. The van der Waals surface area contributed by atoms with Crippen LogP contribution in [-0.2, 0) is 4.74 Å². The molecule has 3 N–H and O–H groups in total. The second-order valence-electron chi connectivity index (χ2n) is 6.42. The number of nitrogens with two attached hydrogens (primary N) is 1. The fourth-order valence-corrected chi connectivity index (χ4v) is 4.15. The molecule has 7 nitrogen and oxygen atoms in total. The predicted octanol–water partition coefficient (Wildman–Crippen LogP) is 2.09. The number of hydrogen-bond donors (Lipinski definition) is 2. The molecule has 0 aliphatic carbocycles. The standard InChI is InChI=1S/C15H22N4O3S/c1-4-5-8-6-9(7(2)3)13(22-8)19-11-10(23-15(19)21)12(20)18-14(16)17-11/h7-9,13H,4-6H2,1-3H3,(H3,16,17,18,20). The van der Waals surface area contributed by atoms with Crippen LogP contribution in [0.5, 0.6) is 0 Å². The minimum Gasteiger partial charge on any atom is -0.369 e. The topological polar surface area (TPSA) is 103 Å². The molecule has 3 rings (SSSR count). The van der Waals surface area contributed by atoms with Gasteiger partial charge in [-0.1, -0.05) is 38.5 Å². The average Bonchev–Trinajstić information content (AvgIpc) is 3.00. The summed E-state index contributed by atoms with van der Waals surface area (Å²) in [5, 5.41) is 0. The molecule has 1 fully saturated rings. The SMILES string of the molecule is CCCC1CC(C(C)C)C(n2c(=O)sc3c(=O)[nH]c(N)nc32)O1. The van der Waals surface area contributed by atoms with E-state index in [1.165, 1.54) is 4.57 Å². The van der Waals surface area contributed by atoms with Gasteiger partial charge in [0.05, 0.1) is 6.10 Å². The first-order valence-electron chi connectivity index (χ1n) is 7.98. The average molecular weight is 338 g/mol. The Hall–Kier alpha value is -1.67. The molecule has 0 saturated carbocycles. The summed E-state index contributed by atoms with van der Waals surface area (Å²) < 4.78 is 7.99. The fourth-order valence-electron chi connectivity index (χ4n) is 3.31. The lowest BCUT2D eigenvalue weighted by Crippen LogP contribution is -2.27. The molecule has 2 aromatic heterocycles. The zero-order valence-electron chi connectivity index (χ0n) is 13.5. The number of nitrogen functional groups attached to an aromatic ring is 1. The van der Waals surface area contributed by atoms with Crippen LogP contribution in [0.2, 0.25) is 0 Å². The molecule has 8 heteroatoms. The minimum absolute atomic E-state index is 0.0123. The van der Waals surface area contributed by atoms with E-state index in [1.807, 2.05) is 0 Å². The van der Waals surface area contributed by atoms with Gasteiger partial charge in [-0.15, -0.1) is 0 Å². The lowest BCUT2D eigenvalue weighted by molar-refractivity contribution is -0.0205. The summed E-state index contributed by atoms with van der Waals surface area (Å²) in [6.45, 7) is 6.38. The zero-order valence-corrected chi connectivity index (χ0v) is 14.4. The number of hydrogen-bond acceptors (Lipinski definition) is 6. The third-order valence-electron chi connectivity index (χ3n) is 4.45. The van der Waals surface area contributed by atoms with Crippen molar-refractivity contribution in [1.29, 1.82) is 0 Å². The molecule has 1 aliphatic heterocycles. The molecule has 0 bridgehead atoms. The van der Waals surface area contributed by atoms with Gasteiger partial charge >= 0.3 is 4.87 Å². The van der Waals surface area contributed by atoms with Gasteiger partial charge in [0.25, 0.3) is 5.56 Å². The molecule has 3 heterocycles. The maximum absolute atomic E-state index is 12.5. The quantitative estimate of drug-likeness (QED) is 0.888. The minimum atomic E-state index is -0.388. The van der Waals surface area contributed by atoms with Crippen molar-refractivity contribution in [3.63, 3.8) is 0 Å².